The molecule has 3 fully saturated rings. The number of fused-ring (bicyclic) bond motifs is 2. The third kappa shape index (κ3) is 2.00. The zero-order valence-electron chi connectivity index (χ0n) is 10.7. The number of carboxylic acid groups (broad SMARTS) is 1. The predicted molar refractivity (Wildman–Crippen MR) is 66.7 cm³/mol. The van der Waals surface area contributed by atoms with Crippen LogP contribution in [0.15, 0.2) is 0 Å². The van der Waals surface area contributed by atoms with Gasteiger partial charge in [-0.1, -0.05) is 25.7 Å². The smallest absolute Gasteiger partial charge is 0.309 e. The van der Waals surface area contributed by atoms with E-state index in [0.717, 1.165) is 49.9 Å². The lowest BCUT2D eigenvalue weighted by atomic mass is 9.66. The first-order chi connectivity index (χ1) is 8.20. The van der Waals surface area contributed by atoms with Crippen LogP contribution in [0.4, 0.5) is 0 Å². The number of rotatable bonds is 3. The second kappa shape index (κ2) is 4.29. The van der Waals surface area contributed by atoms with Crippen molar-refractivity contribution >= 4 is 5.97 Å². The van der Waals surface area contributed by atoms with Crippen LogP contribution in [0.5, 0.6) is 0 Å². The van der Waals surface area contributed by atoms with Crippen LogP contribution in [0.2, 0.25) is 0 Å². The molecule has 0 aromatic heterocycles. The van der Waals surface area contributed by atoms with E-state index in [-0.39, 0.29) is 5.41 Å². The molecule has 0 spiro atoms. The molecule has 3 atom stereocenters. The molecule has 3 unspecified atom stereocenters. The molecule has 0 radical (unpaired) electrons. The molecule has 0 aliphatic heterocycles. The molecule has 3 rings (SSSR count). The fourth-order valence-electron chi connectivity index (χ4n) is 4.86. The zero-order valence-corrected chi connectivity index (χ0v) is 10.7. The van der Waals surface area contributed by atoms with E-state index < -0.39 is 5.97 Å². The first kappa shape index (κ1) is 11.6. The zero-order chi connectivity index (χ0) is 11.9. The van der Waals surface area contributed by atoms with Crippen LogP contribution in [0.25, 0.3) is 0 Å². The van der Waals surface area contributed by atoms with Gasteiger partial charge in [0.1, 0.15) is 0 Å². The van der Waals surface area contributed by atoms with Crippen molar-refractivity contribution in [2.75, 3.05) is 0 Å². The van der Waals surface area contributed by atoms with Crippen molar-refractivity contribution < 1.29 is 9.90 Å². The van der Waals surface area contributed by atoms with Crippen molar-refractivity contribution in [2.45, 2.75) is 64.2 Å². The van der Waals surface area contributed by atoms with Gasteiger partial charge in [-0.2, -0.15) is 0 Å². The van der Waals surface area contributed by atoms with E-state index in [4.69, 9.17) is 0 Å². The van der Waals surface area contributed by atoms with Gasteiger partial charge in [-0.05, 0) is 56.3 Å². The van der Waals surface area contributed by atoms with Crippen molar-refractivity contribution in [3.05, 3.63) is 0 Å². The van der Waals surface area contributed by atoms with E-state index in [1.807, 2.05) is 0 Å². The second-order valence-corrected chi connectivity index (χ2v) is 6.79. The van der Waals surface area contributed by atoms with Gasteiger partial charge in [0.15, 0.2) is 0 Å². The summed E-state index contributed by atoms with van der Waals surface area (Å²) in [5, 5.41) is 9.62. The minimum atomic E-state index is -0.500. The summed E-state index contributed by atoms with van der Waals surface area (Å²) in [6.07, 6.45) is 11.9. The molecule has 3 aliphatic rings. The van der Waals surface area contributed by atoms with Gasteiger partial charge in [0.2, 0.25) is 0 Å². The van der Waals surface area contributed by atoms with Crippen molar-refractivity contribution in [1.29, 1.82) is 0 Å². The summed E-state index contributed by atoms with van der Waals surface area (Å²) in [6.45, 7) is 0. The maximum absolute atomic E-state index is 11.7. The van der Waals surface area contributed by atoms with Crippen molar-refractivity contribution in [2.24, 2.45) is 23.2 Å². The van der Waals surface area contributed by atoms with Crippen molar-refractivity contribution in [3.63, 3.8) is 0 Å². The molecule has 0 heterocycles. The minimum absolute atomic E-state index is 0.340. The highest BCUT2D eigenvalue weighted by atomic mass is 16.4. The number of carbonyl (C=O) groups is 1. The van der Waals surface area contributed by atoms with Gasteiger partial charge in [0.05, 0.1) is 5.41 Å². The molecule has 0 aromatic carbocycles. The van der Waals surface area contributed by atoms with E-state index in [2.05, 4.69) is 0 Å². The Kier molecular flexibility index (Phi) is 2.92. The molecule has 0 amide bonds. The fraction of sp³-hybridized carbons (Fsp3) is 0.933. The van der Waals surface area contributed by atoms with E-state index in [0.29, 0.717) is 0 Å². The topological polar surface area (TPSA) is 37.3 Å². The van der Waals surface area contributed by atoms with Gasteiger partial charge >= 0.3 is 5.97 Å². The molecule has 1 N–H and O–H groups in total. The highest BCUT2D eigenvalue weighted by Crippen LogP contribution is 2.54. The highest BCUT2D eigenvalue weighted by molar-refractivity contribution is 5.74. The molecule has 2 bridgehead atoms. The largest absolute Gasteiger partial charge is 0.481 e. The summed E-state index contributed by atoms with van der Waals surface area (Å²) in [6, 6.07) is 0. The quantitative estimate of drug-likeness (QED) is 0.808. The van der Waals surface area contributed by atoms with Crippen LogP contribution >= 0.6 is 0 Å². The highest BCUT2D eigenvalue weighted by Gasteiger charge is 2.47. The number of hydrogen-bond acceptors (Lipinski definition) is 1. The van der Waals surface area contributed by atoms with Gasteiger partial charge < -0.3 is 5.11 Å². The van der Waals surface area contributed by atoms with Gasteiger partial charge in [0.25, 0.3) is 0 Å². The third-order valence-corrected chi connectivity index (χ3v) is 5.80. The molecule has 17 heavy (non-hydrogen) atoms. The Balaban J connectivity index is 1.70. The van der Waals surface area contributed by atoms with Crippen LogP contribution in [-0.4, -0.2) is 11.1 Å². The SMILES string of the molecule is O=C(O)C1(CC2CC3CCC2C3)CCCCC1. The summed E-state index contributed by atoms with van der Waals surface area (Å²) in [5.41, 5.74) is -0.340. The predicted octanol–water partition coefficient (Wildman–Crippen LogP) is 3.85. The second-order valence-electron chi connectivity index (χ2n) is 6.79. The monoisotopic (exact) mass is 236 g/mol. The van der Waals surface area contributed by atoms with E-state index in [1.54, 1.807) is 0 Å². The van der Waals surface area contributed by atoms with Crippen LogP contribution in [0, 0.1) is 23.2 Å². The Bertz CT molecular complexity index is 304. The Labute approximate surface area is 104 Å². The molecule has 3 saturated carbocycles. The van der Waals surface area contributed by atoms with Gasteiger partial charge in [-0.15, -0.1) is 0 Å². The van der Waals surface area contributed by atoms with Crippen LogP contribution < -0.4 is 0 Å². The van der Waals surface area contributed by atoms with E-state index in [1.165, 1.54) is 32.1 Å². The van der Waals surface area contributed by atoms with E-state index in [9.17, 15) is 9.90 Å². The first-order valence-electron chi connectivity index (χ1n) is 7.43. The van der Waals surface area contributed by atoms with Crippen LogP contribution in [0.1, 0.15) is 64.2 Å². The molecule has 0 saturated heterocycles. The molecule has 96 valence electrons. The maximum atomic E-state index is 11.7. The van der Waals surface area contributed by atoms with Gasteiger partial charge in [-0.3, -0.25) is 4.79 Å². The summed E-state index contributed by atoms with van der Waals surface area (Å²) in [4.78, 5) is 11.7. The minimum Gasteiger partial charge on any atom is -0.481 e. The normalized spacial score (nSPS) is 39.4. The standard InChI is InChI=1S/C15H24O2/c16-14(17)15(6-2-1-3-7-15)10-13-9-11-4-5-12(13)8-11/h11-13H,1-10H2,(H,16,17). The summed E-state index contributed by atoms with van der Waals surface area (Å²) >= 11 is 0. The molecular formula is C15H24O2. The van der Waals surface area contributed by atoms with Crippen LogP contribution in [-0.2, 0) is 4.79 Å². The van der Waals surface area contributed by atoms with Gasteiger partial charge in [0, 0.05) is 0 Å². The fourth-order valence-corrected chi connectivity index (χ4v) is 4.86. The Morgan fingerprint density at radius 2 is 1.88 bits per heavy atom. The number of carboxylic acids is 1. The molecule has 2 heteroatoms. The summed E-state index contributed by atoms with van der Waals surface area (Å²) < 4.78 is 0. The van der Waals surface area contributed by atoms with Crippen LogP contribution in [0.3, 0.4) is 0 Å². The molecule has 3 aliphatic carbocycles. The first-order valence-corrected chi connectivity index (χ1v) is 7.43. The lowest BCUT2D eigenvalue weighted by molar-refractivity contribution is -0.152. The third-order valence-electron chi connectivity index (χ3n) is 5.80. The van der Waals surface area contributed by atoms with E-state index >= 15 is 0 Å². The summed E-state index contributed by atoms with van der Waals surface area (Å²) in [7, 11) is 0. The molecule has 2 nitrogen and oxygen atoms in total. The Hall–Kier alpha value is -0.530. The number of aliphatic carboxylic acids is 1. The average Bonchev–Trinajstić information content (AvgIpc) is 2.92. The lowest BCUT2D eigenvalue weighted by Gasteiger charge is -2.37. The molecular weight excluding hydrogens is 212 g/mol. The lowest BCUT2D eigenvalue weighted by Crippen LogP contribution is -2.36. The summed E-state index contributed by atoms with van der Waals surface area (Å²) in [5.74, 6) is 2.06. The Morgan fingerprint density at radius 1 is 1.12 bits per heavy atom. The van der Waals surface area contributed by atoms with Crippen molar-refractivity contribution in [3.8, 4) is 0 Å². The van der Waals surface area contributed by atoms with Crippen molar-refractivity contribution in [1.82, 2.24) is 0 Å². The maximum Gasteiger partial charge on any atom is 0.309 e. The average molecular weight is 236 g/mol. The van der Waals surface area contributed by atoms with Gasteiger partial charge in [-0.25, -0.2) is 0 Å². The number of hydrogen-bond donors (Lipinski definition) is 1. The molecule has 0 aromatic rings. The Morgan fingerprint density at radius 3 is 2.41 bits per heavy atom.